The predicted octanol–water partition coefficient (Wildman–Crippen LogP) is 3.99. The minimum absolute atomic E-state index is 0.115. The molecule has 0 atom stereocenters. The van der Waals surface area contributed by atoms with Crippen LogP contribution in [0.3, 0.4) is 0 Å². The van der Waals surface area contributed by atoms with E-state index in [1.807, 2.05) is 6.08 Å². The standard InChI is InChI=1S/C16H14F3N3O3S/c1-21(6-2-3-9-4-5-9)15-20-14(23)11-7-10(16(17,18)19)8-12(22(24)25)13(11)26-15/h2-3,7-9H,4-6H2,1H3/b3-2-. The van der Waals surface area contributed by atoms with Crippen molar-refractivity contribution in [3.8, 4) is 0 Å². The Balaban J connectivity index is 2.07. The van der Waals surface area contributed by atoms with Crippen molar-refractivity contribution in [1.29, 1.82) is 0 Å². The van der Waals surface area contributed by atoms with Crippen LogP contribution >= 0.6 is 11.3 Å². The first-order chi connectivity index (χ1) is 12.2. The topological polar surface area (TPSA) is 76.3 Å². The number of nitro groups is 1. The number of aromatic nitrogens is 1. The van der Waals surface area contributed by atoms with Crippen LogP contribution in [0.5, 0.6) is 0 Å². The average Bonchev–Trinajstić information content (AvgIpc) is 3.37. The maximum atomic E-state index is 13.0. The molecular formula is C16H14F3N3O3S. The molecule has 2 aromatic rings. The molecule has 0 amide bonds. The summed E-state index contributed by atoms with van der Waals surface area (Å²) in [4.78, 5) is 28.0. The van der Waals surface area contributed by atoms with E-state index in [0.717, 1.165) is 24.2 Å². The summed E-state index contributed by atoms with van der Waals surface area (Å²) in [5.41, 5.74) is -2.90. The molecule has 1 saturated carbocycles. The van der Waals surface area contributed by atoms with Crippen molar-refractivity contribution >= 4 is 32.2 Å². The summed E-state index contributed by atoms with van der Waals surface area (Å²) in [7, 11) is 1.66. The number of hydrogen-bond donors (Lipinski definition) is 0. The highest BCUT2D eigenvalue weighted by Gasteiger charge is 2.34. The third kappa shape index (κ3) is 3.85. The summed E-state index contributed by atoms with van der Waals surface area (Å²) in [5, 5.41) is 11.1. The smallest absolute Gasteiger partial charge is 0.347 e. The van der Waals surface area contributed by atoms with Gasteiger partial charge in [-0.15, -0.1) is 0 Å². The van der Waals surface area contributed by atoms with Crippen LogP contribution in [-0.4, -0.2) is 23.5 Å². The largest absolute Gasteiger partial charge is 0.416 e. The van der Waals surface area contributed by atoms with Gasteiger partial charge in [-0.2, -0.15) is 18.2 Å². The van der Waals surface area contributed by atoms with Gasteiger partial charge in [0.1, 0.15) is 4.70 Å². The average molecular weight is 385 g/mol. The monoisotopic (exact) mass is 385 g/mol. The van der Waals surface area contributed by atoms with Gasteiger partial charge in [0, 0.05) is 19.7 Å². The molecule has 1 aliphatic carbocycles. The fourth-order valence-corrected chi connectivity index (χ4v) is 3.42. The third-order valence-corrected chi connectivity index (χ3v) is 5.17. The Bertz CT molecular complexity index is 951. The van der Waals surface area contributed by atoms with E-state index >= 15 is 0 Å². The Morgan fingerprint density at radius 3 is 2.69 bits per heavy atom. The lowest BCUT2D eigenvalue weighted by molar-refractivity contribution is -0.383. The Hall–Kier alpha value is -2.49. The highest BCUT2D eigenvalue weighted by Crippen LogP contribution is 2.38. The van der Waals surface area contributed by atoms with Crippen molar-refractivity contribution in [2.45, 2.75) is 19.0 Å². The summed E-state index contributed by atoms with van der Waals surface area (Å²) in [6, 6.07) is 1.07. The van der Waals surface area contributed by atoms with Gasteiger partial charge in [-0.3, -0.25) is 14.9 Å². The van der Waals surface area contributed by atoms with Crippen LogP contribution in [0.1, 0.15) is 18.4 Å². The van der Waals surface area contributed by atoms with E-state index in [1.165, 1.54) is 0 Å². The van der Waals surface area contributed by atoms with Crippen molar-refractivity contribution in [3.63, 3.8) is 0 Å². The van der Waals surface area contributed by atoms with Gasteiger partial charge in [-0.05, 0) is 24.8 Å². The molecular weight excluding hydrogens is 371 g/mol. The molecule has 0 unspecified atom stereocenters. The zero-order valence-electron chi connectivity index (χ0n) is 13.6. The zero-order valence-corrected chi connectivity index (χ0v) is 14.4. The number of anilines is 1. The van der Waals surface area contributed by atoms with Gasteiger partial charge >= 0.3 is 6.18 Å². The van der Waals surface area contributed by atoms with E-state index in [4.69, 9.17) is 0 Å². The minimum atomic E-state index is -4.79. The van der Waals surface area contributed by atoms with Crippen LogP contribution in [0.25, 0.3) is 10.1 Å². The summed E-state index contributed by atoms with van der Waals surface area (Å²) >= 11 is 0.830. The van der Waals surface area contributed by atoms with Crippen molar-refractivity contribution in [2.24, 2.45) is 5.92 Å². The number of benzene rings is 1. The number of hydrogen-bond acceptors (Lipinski definition) is 6. The van der Waals surface area contributed by atoms with Crippen LogP contribution in [-0.2, 0) is 6.18 Å². The van der Waals surface area contributed by atoms with Crippen LogP contribution in [0.2, 0.25) is 0 Å². The molecule has 0 aliphatic heterocycles. The second-order valence-corrected chi connectivity index (χ2v) is 7.05. The van der Waals surface area contributed by atoms with E-state index < -0.39 is 33.3 Å². The van der Waals surface area contributed by atoms with E-state index in [1.54, 1.807) is 11.9 Å². The minimum Gasteiger partial charge on any atom is -0.347 e. The quantitative estimate of drug-likeness (QED) is 0.442. The van der Waals surface area contributed by atoms with Gasteiger partial charge in [-0.25, -0.2) is 0 Å². The van der Waals surface area contributed by atoms with Gasteiger partial charge in [0.05, 0.1) is 15.9 Å². The summed E-state index contributed by atoms with van der Waals surface area (Å²) in [5.74, 6) is 0.577. The number of rotatable bonds is 5. The molecule has 1 aromatic carbocycles. The Labute approximate surface area is 149 Å². The lowest BCUT2D eigenvalue weighted by atomic mass is 10.1. The van der Waals surface area contributed by atoms with E-state index in [0.29, 0.717) is 24.6 Å². The number of fused-ring (bicyclic) bond motifs is 1. The number of allylic oxidation sites excluding steroid dienone is 1. The first-order valence-electron chi connectivity index (χ1n) is 7.75. The Kier molecular flexibility index (Phi) is 4.70. The highest BCUT2D eigenvalue weighted by atomic mass is 32.1. The molecule has 0 spiro atoms. The molecule has 6 nitrogen and oxygen atoms in total. The first-order valence-corrected chi connectivity index (χ1v) is 8.56. The van der Waals surface area contributed by atoms with Gasteiger partial charge < -0.3 is 4.90 Å². The predicted molar refractivity (Wildman–Crippen MR) is 92.7 cm³/mol. The van der Waals surface area contributed by atoms with Gasteiger partial charge in [0.25, 0.3) is 11.2 Å². The molecule has 26 heavy (non-hydrogen) atoms. The SMILES string of the molecule is CN(C/C=C\C1CC1)c1nc(=O)c2cc(C(F)(F)F)cc([N+](=O)[O-])c2s1. The number of nitrogens with zero attached hydrogens (tertiary/aromatic N) is 3. The molecule has 0 N–H and O–H groups in total. The van der Waals surface area contributed by atoms with Crippen molar-refractivity contribution in [2.75, 3.05) is 18.5 Å². The van der Waals surface area contributed by atoms with Crippen molar-refractivity contribution in [3.05, 3.63) is 50.3 Å². The maximum absolute atomic E-state index is 13.0. The van der Waals surface area contributed by atoms with Gasteiger partial charge in [0.15, 0.2) is 5.13 Å². The normalized spacial score (nSPS) is 14.9. The van der Waals surface area contributed by atoms with E-state index in [-0.39, 0.29) is 9.83 Å². The van der Waals surface area contributed by atoms with Crippen LogP contribution in [0, 0.1) is 16.0 Å². The molecule has 1 heterocycles. The van der Waals surface area contributed by atoms with E-state index in [2.05, 4.69) is 11.1 Å². The molecule has 10 heteroatoms. The maximum Gasteiger partial charge on any atom is 0.416 e. The van der Waals surface area contributed by atoms with Gasteiger partial charge in [-0.1, -0.05) is 23.5 Å². The summed E-state index contributed by atoms with van der Waals surface area (Å²) in [6.07, 6.45) is 1.48. The fraction of sp³-hybridized carbons (Fsp3) is 0.375. The second-order valence-electron chi connectivity index (χ2n) is 6.07. The Morgan fingerprint density at radius 1 is 1.42 bits per heavy atom. The van der Waals surface area contributed by atoms with Gasteiger partial charge in [0.2, 0.25) is 0 Å². The molecule has 0 bridgehead atoms. The van der Waals surface area contributed by atoms with Crippen LogP contribution in [0.15, 0.2) is 29.1 Å². The summed E-state index contributed by atoms with van der Waals surface area (Å²) in [6.45, 7) is 0.444. The number of alkyl halides is 3. The van der Waals surface area contributed by atoms with E-state index in [9.17, 15) is 28.1 Å². The first kappa shape index (κ1) is 18.3. The van der Waals surface area contributed by atoms with Crippen molar-refractivity contribution in [1.82, 2.24) is 4.98 Å². The molecule has 138 valence electrons. The Morgan fingerprint density at radius 2 is 2.12 bits per heavy atom. The molecule has 3 rings (SSSR count). The number of nitro benzene ring substituents is 1. The molecule has 1 fully saturated rings. The molecule has 1 aliphatic rings. The zero-order chi connectivity index (χ0) is 19.1. The molecule has 1 aromatic heterocycles. The number of likely N-dealkylation sites (N-methyl/N-ethyl adjacent to an activating group) is 1. The fourth-order valence-electron chi connectivity index (χ4n) is 2.38. The lowest BCUT2D eigenvalue weighted by Crippen LogP contribution is -2.21. The number of halogens is 3. The molecule has 0 saturated heterocycles. The van der Waals surface area contributed by atoms with Crippen LogP contribution < -0.4 is 10.5 Å². The van der Waals surface area contributed by atoms with Crippen LogP contribution in [0.4, 0.5) is 24.0 Å². The number of non-ortho nitro benzene ring substituents is 1. The van der Waals surface area contributed by atoms with Crippen molar-refractivity contribution < 1.29 is 18.1 Å². The third-order valence-electron chi connectivity index (χ3n) is 3.95. The highest BCUT2D eigenvalue weighted by molar-refractivity contribution is 7.22. The summed E-state index contributed by atoms with van der Waals surface area (Å²) < 4.78 is 38.7. The second kappa shape index (κ2) is 6.67. The lowest BCUT2D eigenvalue weighted by Gasteiger charge is -2.15. The molecule has 0 radical (unpaired) electrons.